The Kier molecular flexibility index (Phi) is 14.5. The van der Waals surface area contributed by atoms with Crippen molar-refractivity contribution < 1.29 is 14.7 Å². The van der Waals surface area contributed by atoms with Gasteiger partial charge in [0.1, 0.15) is 11.8 Å². The number of carbonyl (C=O) groups excluding carboxylic acids is 2. The van der Waals surface area contributed by atoms with Crippen LogP contribution in [-0.2, 0) is 9.59 Å². The molecule has 3 aliphatic heterocycles. The molecular weight excluding hydrogens is 807 g/mol. The summed E-state index contributed by atoms with van der Waals surface area (Å²) in [5.74, 6) is 0.507. The van der Waals surface area contributed by atoms with Crippen LogP contribution < -0.4 is 16.0 Å². The van der Waals surface area contributed by atoms with Gasteiger partial charge in [0.2, 0.25) is 11.8 Å². The van der Waals surface area contributed by atoms with Crippen LogP contribution in [0.4, 0.5) is 11.5 Å². The number of nitrogens with one attached hydrogen (secondary N) is 1. The Bertz CT molecular complexity index is 2310. The zero-order valence-electron chi connectivity index (χ0n) is 38.1. The third kappa shape index (κ3) is 10.2. The van der Waals surface area contributed by atoms with Crippen molar-refractivity contribution >= 4 is 34.7 Å². The van der Waals surface area contributed by atoms with E-state index in [0.717, 1.165) is 91.4 Å². The monoisotopic (exact) mass is 871 g/mol. The zero-order chi connectivity index (χ0) is 44.8. The quantitative estimate of drug-likeness (QED) is 0.125. The van der Waals surface area contributed by atoms with Gasteiger partial charge in [0.05, 0.1) is 33.9 Å². The molecule has 3 aromatic carbocycles. The van der Waals surface area contributed by atoms with Gasteiger partial charge in [-0.2, -0.15) is 0 Å². The normalized spacial score (nSPS) is 18.7. The van der Waals surface area contributed by atoms with Gasteiger partial charge < -0.3 is 26.0 Å². The van der Waals surface area contributed by atoms with Gasteiger partial charge in [0.25, 0.3) is 0 Å². The second-order valence-electron chi connectivity index (χ2n) is 18.0. The number of amides is 2. The van der Waals surface area contributed by atoms with E-state index < -0.39 is 6.04 Å². The third-order valence-corrected chi connectivity index (χ3v) is 13.9. The summed E-state index contributed by atoms with van der Waals surface area (Å²) in [6, 6.07) is 25.3. The number of carbonyl (C=O) groups is 2. The van der Waals surface area contributed by atoms with Crippen LogP contribution in [-0.4, -0.2) is 111 Å². The van der Waals surface area contributed by atoms with Crippen LogP contribution in [0.5, 0.6) is 5.75 Å². The highest BCUT2D eigenvalue weighted by molar-refractivity contribution is 7.13. The molecule has 3 fully saturated rings. The van der Waals surface area contributed by atoms with Crippen LogP contribution in [0.2, 0.25) is 0 Å². The first-order chi connectivity index (χ1) is 30.4. The van der Waals surface area contributed by atoms with Crippen LogP contribution >= 0.6 is 11.3 Å². The molecule has 334 valence electrons. The highest BCUT2D eigenvalue weighted by Gasteiger charge is 2.45. The van der Waals surface area contributed by atoms with E-state index in [0.29, 0.717) is 36.1 Å². The number of aryl methyl sites for hydroxylation is 1. The van der Waals surface area contributed by atoms with E-state index in [1.807, 2.05) is 56.3 Å². The zero-order valence-corrected chi connectivity index (χ0v) is 38.9. The lowest BCUT2D eigenvalue weighted by atomic mass is 9.83. The number of phenolic OH excluding ortho intramolecular Hbond substituents is 1. The second kappa shape index (κ2) is 20.0. The number of benzene rings is 3. The number of nitrogens with zero attached hydrogens (tertiary/aromatic N) is 7. The van der Waals surface area contributed by atoms with Gasteiger partial charge >= 0.3 is 0 Å². The van der Waals surface area contributed by atoms with Crippen molar-refractivity contribution in [3.05, 3.63) is 95.6 Å². The Balaban J connectivity index is 0.00000293. The number of anilines is 2. The third-order valence-electron chi connectivity index (χ3n) is 12.9. The van der Waals surface area contributed by atoms with Gasteiger partial charge in [-0.15, -0.1) is 21.5 Å². The van der Waals surface area contributed by atoms with E-state index >= 15 is 0 Å². The summed E-state index contributed by atoms with van der Waals surface area (Å²) < 4.78 is 0. The number of thiazole rings is 1. The molecule has 3 unspecified atom stereocenters. The number of para-hydroxylation sites is 1. The number of phenols is 1. The maximum atomic E-state index is 14.6. The van der Waals surface area contributed by atoms with Crippen LogP contribution in [0.1, 0.15) is 84.5 Å². The van der Waals surface area contributed by atoms with Gasteiger partial charge in [0, 0.05) is 68.7 Å². The van der Waals surface area contributed by atoms with Crippen LogP contribution in [0.3, 0.4) is 0 Å². The van der Waals surface area contributed by atoms with E-state index in [9.17, 15) is 14.7 Å². The Morgan fingerprint density at radius 2 is 1.51 bits per heavy atom. The fraction of sp³-hybridized carbons (Fsp3) is 0.460. The first-order valence-electron chi connectivity index (χ1n) is 22.7. The van der Waals surface area contributed by atoms with Gasteiger partial charge in [-0.1, -0.05) is 83.1 Å². The maximum absolute atomic E-state index is 14.6. The van der Waals surface area contributed by atoms with Gasteiger partial charge in [-0.05, 0) is 92.0 Å². The van der Waals surface area contributed by atoms with Crippen molar-refractivity contribution in [1.29, 1.82) is 0 Å². The molecule has 0 aliphatic carbocycles. The van der Waals surface area contributed by atoms with E-state index in [-0.39, 0.29) is 35.1 Å². The average Bonchev–Trinajstić information content (AvgIpc) is 3.97. The number of hydrogen-bond donors (Lipinski definition) is 3. The number of likely N-dealkylation sites (tertiary alicyclic amines) is 2. The summed E-state index contributed by atoms with van der Waals surface area (Å²) in [4.78, 5) is 43.3. The molecular formula is C50H65N9O3S. The highest BCUT2D eigenvalue weighted by atomic mass is 32.1. The molecule has 0 bridgehead atoms. The second-order valence-corrected chi connectivity index (χ2v) is 18.8. The molecule has 12 nitrogen and oxygen atoms in total. The molecule has 13 heteroatoms. The first kappa shape index (κ1) is 45.6. The molecule has 5 aromatic rings. The van der Waals surface area contributed by atoms with Gasteiger partial charge in [-0.25, -0.2) is 4.98 Å². The van der Waals surface area contributed by atoms with Crippen LogP contribution in [0.15, 0.2) is 84.4 Å². The van der Waals surface area contributed by atoms with Crippen LogP contribution in [0, 0.1) is 12.3 Å². The van der Waals surface area contributed by atoms with Gasteiger partial charge in [0.15, 0.2) is 5.82 Å². The molecule has 0 saturated carbocycles. The van der Waals surface area contributed by atoms with Crippen molar-refractivity contribution in [2.75, 3.05) is 56.4 Å². The number of hydrogen-bond acceptors (Lipinski definition) is 11. The molecule has 4 N–H and O–H groups in total. The average molecular weight is 872 g/mol. The summed E-state index contributed by atoms with van der Waals surface area (Å²) in [6.07, 6.45) is 3.54. The van der Waals surface area contributed by atoms with E-state index in [4.69, 9.17) is 5.73 Å². The minimum atomic E-state index is -0.461. The Morgan fingerprint density at radius 3 is 2.14 bits per heavy atom. The number of nitrogens with two attached hydrogens (primary N) is 1. The van der Waals surface area contributed by atoms with E-state index in [1.54, 1.807) is 23.5 Å². The predicted molar refractivity (Wildman–Crippen MR) is 256 cm³/mol. The first-order valence-corrected chi connectivity index (χ1v) is 23.6. The molecule has 3 aliphatic rings. The van der Waals surface area contributed by atoms with E-state index in [2.05, 4.69) is 105 Å². The summed E-state index contributed by atoms with van der Waals surface area (Å²) in [6.45, 7) is 20.7. The number of aromatic nitrogens is 3. The molecule has 2 amide bonds. The SMILES string of the molecule is CC.Cc1ncsc1-c1ccc(C(C)NC(=O)C2CCCN2C(=O)C(N2CCC(N3CCN(c4ccc(-c5cc(-c6ccccc6O)nnc5N)cc4)CC3)CC2)C(C)(C)C)cc1. The highest BCUT2D eigenvalue weighted by Crippen LogP contribution is 2.35. The Labute approximate surface area is 377 Å². The summed E-state index contributed by atoms with van der Waals surface area (Å²) in [7, 11) is 0. The fourth-order valence-corrected chi connectivity index (χ4v) is 10.4. The molecule has 63 heavy (non-hydrogen) atoms. The smallest absolute Gasteiger partial charge is 0.243 e. The Hall–Kier alpha value is -5.37. The minimum Gasteiger partial charge on any atom is -0.507 e. The lowest BCUT2D eigenvalue weighted by molar-refractivity contribution is -0.147. The molecule has 3 atom stereocenters. The molecule has 0 radical (unpaired) electrons. The van der Waals surface area contributed by atoms with Crippen molar-refractivity contribution in [2.45, 2.75) is 98.3 Å². The Morgan fingerprint density at radius 1 is 0.841 bits per heavy atom. The molecule has 5 heterocycles. The maximum Gasteiger partial charge on any atom is 0.243 e. The summed E-state index contributed by atoms with van der Waals surface area (Å²) in [5, 5.41) is 22.0. The minimum absolute atomic E-state index is 0.0720. The number of nitrogen functional groups attached to an aromatic ring is 1. The number of aromatic hydroxyl groups is 1. The summed E-state index contributed by atoms with van der Waals surface area (Å²) in [5.41, 5.74) is 15.1. The van der Waals surface area contributed by atoms with Crippen molar-refractivity contribution in [3.8, 4) is 38.6 Å². The lowest BCUT2D eigenvalue weighted by Gasteiger charge is -2.47. The van der Waals surface area contributed by atoms with Crippen molar-refractivity contribution in [1.82, 2.24) is 35.2 Å². The molecule has 0 spiro atoms. The van der Waals surface area contributed by atoms with Crippen molar-refractivity contribution in [2.24, 2.45) is 5.41 Å². The number of rotatable bonds is 10. The standard InChI is InChI=1S/C48H59N9O3S.C2H6/c1-31(33-12-14-35(15-13-33)43-32(2)50-30-61-43)51-46(59)41-10-8-22-57(41)47(60)44(48(3,4)5)56-23-20-37(21-24-56)55-27-25-54(26-28-55)36-18-16-34(17-19-36)39-29-40(52-53-45(39)49)38-9-6-7-11-42(38)58;1-2/h6-7,9,11-19,29-31,37,41,44,58H,8,10,20-28H2,1-5H3,(H2,49,53)(H,51,59);1-2H3. The van der Waals surface area contributed by atoms with Crippen LogP contribution in [0.25, 0.3) is 32.8 Å². The number of piperidine rings is 1. The lowest BCUT2D eigenvalue weighted by Crippen LogP contribution is -2.60. The largest absolute Gasteiger partial charge is 0.507 e. The number of piperazine rings is 1. The van der Waals surface area contributed by atoms with E-state index in [1.165, 1.54) is 5.69 Å². The van der Waals surface area contributed by atoms with Crippen molar-refractivity contribution in [3.63, 3.8) is 0 Å². The molecule has 2 aromatic heterocycles. The summed E-state index contributed by atoms with van der Waals surface area (Å²) >= 11 is 1.63. The fourth-order valence-electron chi connectivity index (χ4n) is 9.59. The molecule has 3 saturated heterocycles. The van der Waals surface area contributed by atoms with Gasteiger partial charge in [-0.3, -0.25) is 19.4 Å². The topological polar surface area (TPSA) is 144 Å². The predicted octanol–water partition coefficient (Wildman–Crippen LogP) is 8.43. The molecule has 8 rings (SSSR count).